The minimum atomic E-state index is 0.632. The summed E-state index contributed by atoms with van der Waals surface area (Å²) < 4.78 is 5.40. The Labute approximate surface area is 130 Å². The van der Waals surface area contributed by atoms with Crippen LogP contribution in [0, 0.1) is 0 Å². The van der Waals surface area contributed by atoms with Crippen molar-refractivity contribution in [1.82, 2.24) is 9.97 Å². The van der Waals surface area contributed by atoms with Crippen molar-refractivity contribution in [3.8, 4) is 17.1 Å². The van der Waals surface area contributed by atoms with E-state index >= 15 is 0 Å². The van der Waals surface area contributed by atoms with Gasteiger partial charge in [0.05, 0.1) is 12.7 Å². The van der Waals surface area contributed by atoms with Crippen LogP contribution in [0.5, 0.6) is 5.75 Å². The maximum atomic E-state index is 6.01. The number of nitrogens with one attached hydrogen (secondary N) is 1. The number of hydrogen-bond donors (Lipinski definition) is 1. The molecule has 21 heavy (non-hydrogen) atoms. The van der Waals surface area contributed by atoms with Crippen LogP contribution in [0.1, 0.15) is 26.0 Å². The average molecular weight is 306 g/mol. The third kappa shape index (κ3) is 3.85. The smallest absolute Gasteiger partial charge is 0.165 e. The Bertz CT molecular complexity index is 592. The number of methoxy groups -OCH3 is 1. The van der Waals surface area contributed by atoms with Crippen LogP contribution in [0.25, 0.3) is 11.4 Å². The molecule has 0 bridgehead atoms. The Morgan fingerprint density at radius 2 is 2.00 bits per heavy atom. The van der Waals surface area contributed by atoms with Gasteiger partial charge in [-0.2, -0.15) is 0 Å². The quantitative estimate of drug-likeness (QED) is 0.869. The van der Waals surface area contributed by atoms with Crippen LogP contribution in [-0.2, 0) is 6.42 Å². The maximum absolute atomic E-state index is 6.01. The van der Waals surface area contributed by atoms with Gasteiger partial charge in [-0.15, -0.1) is 0 Å². The van der Waals surface area contributed by atoms with E-state index in [2.05, 4.69) is 22.2 Å². The van der Waals surface area contributed by atoms with E-state index in [9.17, 15) is 0 Å². The lowest BCUT2D eigenvalue weighted by atomic mass is 10.1. The Balaban J connectivity index is 2.51. The van der Waals surface area contributed by atoms with E-state index in [0.717, 1.165) is 36.5 Å². The summed E-state index contributed by atoms with van der Waals surface area (Å²) in [5.41, 5.74) is 1.87. The molecule has 0 unspecified atom stereocenters. The van der Waals surface area contributed by atoms with Gasteiger partial charge in [-0.25, -0.2) is 9.97 Å². The predicted octanol–water partition coefficient (Wildman–Crippen LogP) is 4.19. The molecule has 2 rings (SSSR count). The molecule has 0 fully saturated rings. The first-order chi connectivity index (χ1) is 10.2. The summed E-state index contributed by atoms with van der Waals surface area (Å²) in [5, 5.41) is 3.88. The topological polar surface area (TPSA) is 47.0 Å². The van der Waals surface area contributed by atoms with Crippen molar-refractivity contribution in [2.45, 2.75) is 26.7 Å². The van der Waals surface area contributed by atoms with Crippen LogP contribution in [0.3, 0.4) is 0 Å². The molecule has 1 aromatic carbocycles. The highest BCUT2D eigenvalue weighted by Gasteiger charge is 2.12. The highest BCUT2D eigenvalue weighted by Crippen LogP contribution is 2.31. The van der Waals surface area contributed by atoms with Gasteiger partial charge in [-0.3, -0.25) is 0 Å². The van der Waals surface area contributed by atoms with Gasteiger partial charge in [0.1, 0.15) is 11.6 Å². The summed E-state index contributed by atoms with van der Waals surface area (Å²) in [5.74, 6) is 2.17. The summed E-state index contributed by atoms with van der Waals surface area (Å²) in [6, 6.07) is 7.49. The molecule has 2 aromatic rings. The molecule has 112 valence electrons. The standard InChI is InChI=1S/C16H20ClN3O/c1-4-6-12-10-15(18-5-2)20-16(19-12)13-8-7-11(17)9-14(13)21-3/h7-10H,4-6H2,1-3H3,(H,18,19,20). The van der Waals surface area contributed by atoms with Gasteiger partial charge in [0, 0.05) is 23.3 Å². The minimum Gasteiger partial charge on any atom is -0.496 e. The molecule has 0 radical (unpaired) electrons. The van der Waals surface area contributed by atoms with E-state index < -0.39 is 0 Å². The van der Waals surface area contributed by atoms with Crippen LogP contribution in [-0.4, -0.2) is 23.6 Å². The van der Waals surface area contributed by atoms with Crippen LogP contribution >= 0.6 is 11.6 Å². The number of rotatable bonds is 6. The lowest BCUT2D eigenvalue weighted by molar-refractivity contribution is 0.416. The second-order valence-corrected chi connectivity index (χ2v) is 5.13. The molecular weight excluding hydrogens is 286 g/mol. The minimum absolute atomic E-state index is 0.632. The second-order valence-electron chi connectivity index (χ2n) is 4.69. The molecule has 0 aliphatic heterocycles. The number of nitrogens with zero attached hydrogens (tertiary/aromatic N) is 2. The molecule has 0 atom stereocenters. The third-order valence-electron chi connectivity index (χ3n) is 3.05. The summed E-state index contributed by atoms with van der Waals surface area (Å²) in [6.07, 6.45) is 1.96. The molecule has 1 heterocycles. The monoisotopic (exact) mass is 305 g/mol. The molecule has 0 amide bonds. The fraction of sp³-hybridized carbons (Fsp3) is 0.375. The molecule has 0 saturated heterocycles. The van der Waals surface area contributed by atoms with Gasteiger partial charge in [-0.05, 0) is 31.5 Å². The number of hydrogen-bond acceptors (Lipinski definition) is 4. The van der Waals surface area contributed by atoms with E-state index in [1.54, 1.807) is 13.2 Å². The Morgan fingerprint density at radius 1 is 1.19 bits per heavy atom. The Kier molecular flexibility index (Phi) is 5.39. The first kappa shape index (κ1) is 15.6. The summed E-state index contributed by atoms with van der Waals surface area (Å²) in [6.45, 7) is 5.00. The van der Waals surface area contributed by atoms with Crippen molar-refractivity contribution in [2.24, 2.45) is 0 Å². The third-order valence-corrected chi connectivity index (χ3v) is 3.28. The molecule has 0 aliphatic rings. The SMILES string of the molecule is CCCc1cc(NCC)nc(-c2ccc(Cl)cc2OC)n1. The molecule has 5 heteroatoms. The molecule has 0 saturated carbocycles. The average Bonchev–Trinajstić information content (AvgIpc) is 2.47. The van der Waals surface area contributed by atoms with Gasteiger partial charge in [0.2, 0.25) is 0 Å². The predicted molar refractivity (Wildman–Crippen MR) is 87.2 cm³/mol. The summed E-state index contributed by atoms with van der Waals surface area (Å²) in [7, 11) is 1.62. The fourth-order valence-corrected chi connectivity index (χ4v) is 2.29. The highest BCUT2D eigenvalue weighted by atomic mass is 35.5. The lowest BCUT2D eigenvalue weighted by Gasteiger charge is -2.11. The van der Waals surface area contributed by atoms with Crippen LogP contribution < -0.4 is 10.1 Å². The zero-order valence-electron chi connectivity index (χ0n) is 12.6. The number of ether oxygens (including phenoxy) is 1. The van der Waals surface area contributed by atoms with Crippen molar-refractivity contribution >= 4 is 17.4 Å². The van der Waals surface area contributed by atoms with Gasteiger partial charge in [-0.1, -0.05) is 24.9 Å². The van der Waals surface area contributed by atoms with Crippen molar-refractivity contribution in [3.63, 3.8) is 0 Å². The second kappa shape index (κ2) is 7.27. The fourth-order valence-electron chi connectivity index (χ4n) is 2.12. The number of anilines is 1. The van der Waals surface area contributed by atoms with E-state index in [-0.39, 0.29) is 0 Å². The largest absolute Gasteiger partial charge is 0.496 e. The molecular formula is C16H20ClN3O. The van der Waals surface area contributed by atoms with E-state index in [1.165, 1.54) is 0 Å². The molecule has 1 aromatic heterocycles. The van der Waals surface area contributed by atoms with E-state index in [1.807, 2.05) is 25.1 Å². The zero-order chi connectivity index (χ0) is 15.2. The highest BCUT2D eigenvalue weighted by molar-refractivity contribution is 6.30. The summed E-state index contributed by atoms with van der Waals surface area (Å²) >= 11 is 6.01. The van der Waals surface area contributed by atoms with Crippen molar-refractivity contribution < 1.29 is 4.74 Å². The Hall–Kier alpha value is -1.81. The normalized spacial score (nSPS) is 10.5. The van der Waals surface area contributed by atoms with Crippen LogP contribution in [0.2, 0.25) is 5.02 Å². The first-order valence-corrected chi connectivity index (χ1v) is 7.51. The van der Waals surface area contributed by atoms with E-state index in [4.69, 9.17) is 16.3 Å². The number of halogens is 1. The molecule has 0 aliphatic carbocycles. The summed E-state index contributed by atoms with van der Waals surface area (Å²) in [4.78, 5) is 9.21. The van der Waals surface area contributed by atoms with Crippen LogP contribution in [0.4, 0.5) is 5.82 Å². The zero-order valence-corrected chi connectivity index (χ0v) is 13.4. The lowest BCUT2D eigenvalue weighted by Crippen LogP contribution is -2.04. The number of benzene rings is 1. The molecule has 4 nitrogen and oxygen atoms in total. The van der Waals surface area contributed by atoms with Gasteiger partial charge >= 0.3 is 0 Å². The molecule has 0 spiro atoms. The number of aryl methyl sites for hydroxylation is 1. The van der Waals surface area contributed by atoms with Crippen molar-refractivity contribution in [3.05, 3.63) is 35.0 Å². The van der Waals surface area contributed by atoms with Crippen molar-refractivity contribution in [1.29, 1.82) is 0 Å². The maximum Gasteiger partial charge on any atom is 0.165 e. The van der Waals surface area contributed by atoms with Gasteiger partial charge < -0.3 is 10.1 Å². The van der Waals surface area contributed by atoms with Gasteiger partial charge in [0.15, 0.2) is 5.82 Å². The van der Waals surface area contributed by atoms with Crippen molar-refractivity contribution in [2.75, 3.05) is 19.0 Å². The molecule has 1 N–H and O–H groups in total. The van der Waals surface area contributed by atoms with E-state index in [0.29, 0.717) is 16.6 Å². The first-order valence-electron chi connectivity index (χ1n) is 7.13. The van der Waals surface area contributed by atoms with Gasteiger partial charge in [0.25, 0.3) is 0 Å². The number of aromatic nitrogens is 2. The Morgan fingerprint density at radius 3 is 2.67 bits per heavy atom. The van der Waals surface area contributed by atoms with Crippen LogP contribution in [0.15, 0.2) is 24.3 Å².